The number of benzene rings is 1. The van der Waals surface area contributed by atoms with Crippen molar-refractivity contribution in [2.75, 3.05) is 19.4 Å². The van der Waals surface area contributed by atoms with Gasteiger partial charge in [0, 0.05) is 30.9 Å². The molecule has 0 bridgehead atoms. The van der Waals surface area contributed by atoms with E-state index in [0.717, 1.165) is 0 Å². The lowest BCUT2D eigenvalue weighted by atomic mass is 10.3. The zero-order valence-corrected chi connectivity index (χ0v) is 14.4. The molecule has 1 N–H and O–H groups in total. The Kier molecular flexibility index (Phi) is 6.44. The lowest BCUT2D eigenvalue weighted by molar-refractivity contribution is -0.121. The number of rotatable bonds is 2. The maximum Gasteiger partial charge on any atom is 0.266 e. The normalized spacial score (nSPS) is 18.0. The molecule has 2 amide bonds. The highest BCUT2D eigenvalue weighted by Crippen LogP contribution is 2.29. The van der Waals surface area contributed by atoms with Gasteiger partial charge in [-0.05, 0) is 36.0 Å². The number of amidine groups is 1. The Labute approximate surface area is 142 Å². The third-order valence-corrected chi connectivity index (χ3v) is 3.97. The van der Waals surface area contributed by atoms with Crippen LogP contribution in [0.4, 0.5) is 5.69 Å². The SMILES string of the molecule is CN=C1S/C(=C\C(=O)Nc2ccc(Cl)cc2)C(=O)N1C.[Br-]. The molecule has 0 spiro atoms. The molecule has 1 aromatic rings. The Morgan fingerprint density at radius 1 is 1.38 bits per heavy atom. The van der Waals surface area contributed by atoms with Crippen LogP contribution in [0.1, 0.15) is 0 Å². The summed E-state index contributed by atoms with van der Waals surface area (Å²) in [5.74, 6) is -0.601. The van der Waals surface area contributed by atoms with Crippen LogP contribution in [-0.2, 0) is 9.59 Å². The van der Waals surface area contributed by atoms with Crippen LogP contribution in [-0.4, -0.2) is 36.0 Å². The number of nitrogens with zero attached hydrogens (tertiary/aromatic N) is 2. The first kappa shape index (κ1) is 17.7. The van der Waals surface area contributed by atoms with Gasteiger partial charge in [-0.2, -0.15) is 0 Å². The first-order valence-electron chi connectivity index (χ1n) is 5.72. The Morgan fingerprint density at radius 3 is 2.52 bits per heavy atom. The van der Waals surface area contributed by atoms with E-state index in [0.29, 0.717) is 20.8 Å². The topological polar surface area (TPSA) is 61.8 Å². The molecule has 1 saturated heterocycles. The monoisotopic (exact) mass is 388 g/mol. The van der Waals surface area contributed by atoms with Gasteiger partial charge in [0.25, 0.3) is 5.91 Å². The smallest absolute Gasteiger partial charge is 0.266 e. The molecule has 1 fully saturated rings. The second-order valence-corrected chi connectivity index (χ2v) is 5.42. The Hall–Kier alpha value is -1.31. The zero-order chi connectivity index (χ0) is 14.7. The van der Waals surface area contributed by atoms with Crippen LogP contribution < -0.4 is 22.3 Å². The number of nitrogens with one attached hydrogen (secondary N) is 1. The van der Waals surface area contributed by atoms with Crippen molar-refractivity contribution in [2.24, 2.45) is 4.99 Å². The van der Waals surface area contributed by atoms with E-state index in [1.807, 2.05) is 0 Å². The van der Waals surface area contributed by atoms with Gasteiger partial charge < -0.3 is 22.3 Å². The van der Waals surface area contributed by atoms with Crippen molar-refractivity contribution < 1.29 is 26.6 Å². The van der Waals surface area contributed by atoms with Gasteiger partial charge in [-0.25, -0.2) is 0 Å². The highest BCUT2D eigenvalue weighted by Gasteiger charge is 2.30. The highest BCUT2D eigenvalue weighted by atomic mass is 79.9. The minimum atomic E-state index is -0.367. The van der Waals surface area contributed by atoms with Gasteiger partial charge in [-0.3, -0.25) is 19.5 Å². The third-order valence-electron chi connectivity index (χ3n) is 2.57. The maximum absolute atomic E-state index is 11.9. The van der Waals surface area contributed by atoms with Gasteiger partial charge in [-0.15, -0.1) is 0 Å². The van der Waals surface area contributed by atoms with Crippen molar-refractivity contribution in [3.05, 3.63) is 40.3 Å². The summed E-state index contributed by atoms with van der Waals surface area (Å²) < 4.78 is 0. The highest BCUT2D eigenvalue weighted by molar-refractivity contribution is 8.18. The number of thioether (sulfide) groups is 1. The van der Waals surface area contributed by atoms with E-state index in [9.17, 15) is 9.59 Å². The fourth-order valence-electron chi connectivity index (χ4n) is 1.58. The van der Waals surface area contributed by atoms with Crippen LogP contribution in [0.2, 0.25) is 5.02 Å². The summed E-state index contributed by atoms with van der Waals surface area (Å²) in [6.07, 6.45) is 1.27. The molecular formula is C13H12BrClN3O2S-. The van der Waals surface area contributed by atoms with E-state index >= 15 is 0 Å². The molecule has 0 radical (unpaired) electrons. The molecule has 21 heavy (non-hydrogen) atoms. The van der Waals surface area contributed by atoms with Crippen LogP contribution >= 0.6 is 23.4 Å². The van der Waals surface area contributed by atoms with Gasteiger partial charge >= 0.3 is 0 Å². The van der Waals surface area contributed by atoms with Gasteiger partial charge in [0.1, 0.15) is 0 Å². The molecule has 5 nitrogen and oxygen atoms in total. The summed E-state index contributed by atoms with van der Waals surface area (Å²) in [4.78, 5) is 29.4. The Morgan fingerprint density at radius 2 is 2.00 bits per heavy atom. The molecule has 0 atom stereocenters. The van der Waals surface area contributed by atoms with Crippen molar-refractivity contribution in [3.63, 3.8) is 0 Å². The molecule has 112 valence electrons. The number of halogens is 2. The molecule has 0 aliphatic carbocycles. The number of amides is 2. The molecular weight excluding hydrogens is 378 g/mol. The molecule has 1 aliphatic heterocycles. The Balaban J connectivity index is 0.00000220. The van der Waals surface area contributed by atoms with E-state index < -0.39 is 0 Å². The van der Waals surface area contributed by atoms with Crippen molar-refractivity contribution in [3.8, 4) is 0 Å². The summed E-state index contributed by atoms with van der Waals surface area (Å²) in [5, 5.41) is 3.83. The van der Waals surface area contributed by atoms with Crippen LogP contribution in [0.15, 0.2) is 40.2 Å². The third kappa shape index (κ3) is 4.33. The molecule has 1 aliphatic rings. The van der Waals surface area contributed by atoms with Gasteiger partial charge in [0.2, 0.25) is 5.91 Å². The fraction of sp³-hybridized carbons (Fsp3) is 0.154. The van der Waals surface area contributed by atoms with Crippen LogP contribution in [0, 0.1) is 0 Å². The van der Waals surface area contributed by atoms with E-state index in [-0.39, 0.29) is 28.8 Å². The quantitative estimate of drug-likeness (QED) is 0.684. The number of anilines is 1. The first-order valence-corrected chi connectivity index (χ1v) is 6.91. The van der Waals surface area contributed by atoms with Crippen molar-refractivity contribution >= 4 is 46.0 Å². The van der Waals surface area contributed by atoms with Crippen LogP contribution in [0.5, 0.6) is 0 Å². The molecule has 8 heteroatoms. The van der Waals surface area contributed by atoms with Gasteiger partial charge in [-0.1, -0.05) is 11.6 Å². The summed E-state index contributed by atoms with van der Waals surface area (Å²) in [5.41, 5.74) is 0.615. The minimum Gasteiger partial charge on any atom is -1.00 e. The summed E-state index contributed by atoms with van der Waals surface area (Å²) >= 11 is 6.94. The number of carbonyl (C=O) groups is 2. The van der Waals surface area contributed by atoms with Crippen molar-refractivity contribution in [1.29, 1.82) is 0 Å². The van der Waals surface area contributed by atoms with E-state index in [2.05, 4.69) is 10.3 Å². The molecule has 0 unspecified atom stereocenters. The number of carbonyl (C=O) groups excluding carboxylic acids is 2. The molecule has 2 rings (SSSR count). The fourth-order valence-corrected chi connectivity index (χ4v) is 2.60. The predicted molar refractivity (Wildman–Crippen MR) is 81.9 cm³/mol. The first-order chi connectivity index (χ1) is 9.51. The molecule has 0 aromatic heterocycles. The second kappa shape index (κ2) is 7.63. The van der Waals surface area contributed by atoms with Crippen molar-refractivity contribution in [2.45, 2.75) is 0 Å². The van der Waals surface area contributed by atoms with Gasteiger partial charge in [0.05, 0.1) is 4.91 Å². The average Bonchev–Trinajstić information content (AvgIpc) is 2.69. The standard InChI is InChI=1S/C13H12ClN3O2S.BrH/c1-15-13-17(2)12(19)10(20-13)7-11(18)16-9-5-3-8(14)4-6-9;/h3-7H,1-2H3,(H,16,18);1H/p-1/b10-7-,15-13?;. The largest absolute Gasteiger partial charge is 1.00 e. The molecule has 1 heterocycles. The van der Waals surface area contributed by atoms with Crippen LogP contribution in [0.3, 0.4) is 0 Å². The van der Waals surface area contributed by atoms with E-state index in [4.69, 9.17) is 11.6 Å². The van der Waals surface area contributed by atoms with Gasteiger partial charge in [0.15, 0.2) is 5.17 Å². The maximum atomic E-state index is 11.9. The number of aliphatic imine (C=N–C) groups is 1. The average molecular weight is 390 g/mol. The number of likely N-dealkylation sites (N-methyl/N-ethyl adjacent to an activating group) is 1. The number of hydrogen-bond acceptors (Lipinski definition) is 4. The molecule has 1 aromatic carbocycles. The lowest BCUT2D eigenvalue weighted by Crippen LogP contribution is -3.00. The zero-order valence-electron chi connectivity index (χ0n) is 11.3. The minimum absolute atomic E-state index is 0. The summed E-state index contributed by atoms with van der Waals surface area (Å²) in [6, 6.07) is 6.73. The molecule has 0 saturated carbocycles. The van der Waals surface area contributed by atoms with Crippen molar-refractivity contribution in [1.82, 2.24) is 4.90 Å². The summed E-state index contributed by atoms with van der Waals surface area (Å²) in [7, 11) is 3.22. The van der Waals surface area contributed by atoms with E-state index in [1.54, 1.807) is 38.4 Å². The summed E-state index contributed by atoms with van der Waals surface area (Å²) in [6.45, 7) is 0. The number of hydrogen-bond donors (Lipinski definition) is 1. The predicted octanol–water partition coefficient (Wildman–Crippen LogP) is -0.643. The lowest BCUT2D eigenvalue weighted by Gasteiger charge is -2.05. The van der Waals surface area contributed by atoms with E-state index in [1.165, 1.54) is 22.7 Å². The Bertz CT molecular complexity index is 616. The second-order valence-electron chi connectivity index (χ2n) is 3.98. The van der Waals surface area contributed by atoms with Crippen LogP contribution in [0.25, 0.3) is 0 Å².